The van der Waals surface area contributed by atoms with Gasteiger partial charge in [-0.1, -0.05) is 6.42 Å². The topological polar surface area (TPSA) is 27.7 Å². The van der Waals surface area contributed by atoms with Crippen LogP contribution in [0.2, 0.25) is 12.1 Å². The Bertz CT molecular complexity index is 103. The minimum atomic E-state index is -2.29. The van der Waals surface area contributed by atoms with Crippen LogP contribution in [0.25, 0.3) is 0 Å². The van der Waals surface area contributed by atoms with Gasteiger partial charge in [-0.15, -0.1) is 0 Å². The fourth-order valence-corrected chi connectivity index (χ4v) is 4.29. The third-order valence-corrected chi connectivity index (χ3v) is 6.20. The molecule has 0 heterocycles. The maximum Gasteiger partial charge on any atom is 0.500 e. The fraction of sp³-hybridized carbons (Fsp3) is 1.00. The summed E-state index contributed by atoms with van der Waals surface area (Å²) in [5.74, 6) is 0. The Labute approximate surface area is 82.2 Å². The van der Waals surface area contributed by atoms with Crippen LogP contribution >= 0.6 is 11.1 Å². The van der Waals surface area contributed by atoms with E-state index in [9.17, 15) is 0 Å². The molecular formula is C6H17ClO3Si2. The van der Waals surface area contributed by atoms with Gasteiger partial charge in [0.15, 0.2) is 0 Å². The van der Waals surface area contributed by atoms with Gasteiger partial charge in [-0.3, -0.25) is 0 Å². The van der Waals surface area contributed by atoms with E-state index in [1.807, 2.05) is 0 Å². The molecule has 0 aromatic heterocycles. The van der Waals surface area contributed by atoms with Gasteiger partial charge in [0, 0.05) is 27.4 Å². The summed E-state index contributed by atoms with van der Waals surface area (Å²) in [7, 11) is 2.27. The first kappa shape index (κ1) is 12.6. The van der Waals surface area contributed by atoms with E-state index in [0.29, 0.717) is 0 Å². The monoisotopic (exact) mass is 228 g/mol. The number of halogens is 1. The van der Waals surface area contributed by atoms with Crippen molar-refractivity contribution in [2.45, 2.75) is 18.5 Å². The van der Waals surface area contributed by atoms with Gasteiger partial charge in [-0.25, -0.2) is 0 Å². The van der Waals surface area contributed by atoms with Gasteiger partial charge in [0.25, 0.3) is 0 Å². The van der Waals surface area contributed by atoms with Crippen molar-refractivity contribution in [1.82, 2.24) is 0 Å². The smallest absolute Gasteiger partial charge is 0.377 e. The summed E-state index contributed by atoms with van der Waals surface area (Å²) in [6.07, 6.45) is 1.05. The number of rotatable bonds is 7. The Morgan fingerprint density at radius 3 is 2.00 bits per heavy atom. The van der Waals surface area contributed by atoms with Crippen molar-refractivity contribution in [3.63, 3.8) is 0 Å². The minimum Gasteiger partial charge on any atom is -0.377 e. The van der Waals surface area contributed by atoms with Crippen molar-refractivity contribution in [3.8, 4) is 0 Å². The molecule has 0 fully saturated rings. The summed E-state index contributed by atoms with van der Waals surface area (Å²) in [5.41, 5.74) is 0. The van der Waals surface area contributed by atoms with Crippen LogP contribution in [0.5, 0.6) is 0 Å². The Hall–Kier alpha value is 0.604. The molecule has 0 unspecified atom stereocenters. The molecule has 0 aliphatic heterocycles. The molecule has 0 saturated heterocycles. The zero-order chi connectivity index (χ0) is 9.45. The predicted octanol–water partition coefficient (Wildman–Crippen LogP) is 0.995. The molecule has 0 bridgehead atoms. The average molecular weight is 229 g/mol. The van der Waals surface area contributed by atoms with E-state index in [1.54, 1.807) is 21.3 Å². The van der Waals surface area contributed by atoms with Crippen LogP contribution in [0.1, 0.15) is 6.42 Å². The molecule has 3 nitrogen and oxygen atoms in total. The van der Waals surface area contributed by atoms with Crippen LogP contribution in [0.3, 0.4) is 0 Å². The van der Waals surface area contributed by atoms with Crippen LogP contribution < -0.4 is 0 Å². The molecule has 6 heteroatoms. The van der Waals surface area contributed by atoms with E-state index in [1.165, 1.54) is 0 Å². The molecule has 0 aliphatic rings. The highest BCUT2D eigenvalue weighted by atomic mass is 35.6. The summed E-state index contributed by atoms with van der Waals surface area (Å²) in [6, 6.07) is 1.99. The van der Waals surface area contributed by atoms with Crippen molar-refractivity contribution < 1.29 is 13.3 Å². The summed E-state index contributed by atoms with van der Waals surface area (Å²) < 4.78 is 15.7. The zero-order valence-corrected chi connectivity index (χ0v) is 11.1. The van der Waals surface area contributed by atoms with E-state index in [4.69, 9.17) is 24.4 Å². The first-order chi connectivity index (χ1) is 5.74. The molecule has 0 aromatic rings. The molecule has 0 radical (unpaired) electrons. The van der Waals surface area contributed by atoms with Crippen molar-refractivity contribution in [3.05, 3.63) is 0 Å². The van der Waals surface area contributed by atoms with Gasteiger partial charge < -0.3 is 13.3 Å². The fourth-order valence-electron chi connectivity index (χ4n) is 0.992. The lowest BCUT2D eigenvalue weighted by Gasteiger charge is -2.23. The second kappa shape index (κ2) is 7.05. The average Bonchev–Trinajstić information content (AvgIpc) is 2.14. The predicted molar refractivity (Wildman–Crippen MR) is 55.4 cm³/mol. The molecule has 0 atom stereocenters. The Morgan fingerprint density at radius 2 is 1.67 bits per heavy atom. The number of hydrogen-bond acceptors (Lipinski definition) is 3. The second-order valence-corrected chi connectivity index (χ2v) is 7.75. The van der Waals surface area contributed by atoms with Gasteiger partial charge >= 0.3 is 8.80 Å². The van der Waals surface area contributed by atoms with E-state index in [0.717, 1.165) is 18.5 Å². The van der Waals surface area contributed by atoms with Crippen molar-refractivity contribution in [2.75, 3.05) is 21.3 Å². The first-order valence-electron chi connectivity index (χ1n) is 3.96. The van der Waals surface area contributed by atoms with Gasteiger partial charge in [0.1, 0.15) is 8.83 Å². The van der Waals surface area contributed by atoms with E-state index < -0.39 is 8.80 Å². The highest BCUT2D eigenvalue weighted by Gasteiger charge is 2.36. The Morgan fingerprint density at radius 1 is 1.17 bits per heavy atom. The van der Waals surface area contributed by atoms with Gasteiger partial charge in [-0.05, 0) is 6.04 Å². The molecule has 12 heavy (non-hydrogen) atoms. The molecule has 0 rings (SSSR count). The Balaban J connectivity index is 3.76. The van der Waals surface area contributed by atoms with Crippen molar-refractivity contribution >= 4 is 28.7 Å². The van der Waals surface area contributed by atoms with Crippen molar-refractivity contribution in [1.29, 1.82) is 0 Å². The van der Waals surface area contributed by atoms with Crippen LogP contribution in [0.4, 0.5) is 0 Å². The molecule has 0 aliphatic carbocycles. The number of hydrogen-bond donors (Lipinski definition) is 0. The highest BCUT2D eigenvalue weighted by Crippen LogP contribution is 2.16. The van der Waals surface area contributed by atoms with E-state index in [2.05, 4.69) is 0 Å². The van der Waals surface area contributed by atoms with Crippen LogP contribution in [0.15, 0.2) is 0 Å². The standard InChI is InChI=1S/C6H17ClO3Si2/c1-8-12(9-2,10-3)6-4-5-11-7/h4-6,11H2,1-3H3. The maximum atomic E-state index is 5.69. The molecular weight excluding hydrogens is 212 g/mol. The van der Waals surface area contributed by atoms with Gasteiger partial charge in [0.2, 0.25) is 0 Å². The summed E-state index contributed by atoms with van der Waals surface area (Å²) in [4.78, 5) is 0. The van der Waals surface area contributed by atoms with Crippen LogP contribution in [-0.2, 0) is 13.3 Å². The van der Waals surface area contributed by atoms with Gasteiger partial charge in [0.05, 0.1) is 0 Å². The molecule has 74 valence electrons. The van der Waals surface area contributed by atoms with E-state index in [-0.39, 0.29) is 8.83 Å². The van der Waals surface area contributed by atoms with Gasteiger partial charge in [-0.2, -0.15) is 11.1 Å². The molecule has 0 N–H and O–H groups in total. The molecule has 0 saturated carbocycles. The summed E-state index contributed by atoms with van der Waals surface area (Å²) in [5, 5.41) is 0. The third-order valence-electron chi connectivity index (χ3n) is 1.80. The summed E-state index contributed by atoms with van der Waals surface area (Å²) >= 11 is 5.69. The normalized spacial score (nSPS) is 13.0. The SMILES string of the molecule is CO[Si](CCC[SiH2]Cl)(OC)OC. The molecule has 0 amide bonds. The minimum absolute atomic E-state index is 0.350. The molecule has 0 aromatic carbocycles. The maximum absolute atomic E-state index is 5.69. The first-order valence-corrected chi connectivity index (χ1v) is 9.03. The zero-order valence-electron chi connectivity index (χ0n) is 7.93. The van der Waals surface area contributed by atoms with E-state index >= 15 is 0 Å². The third kappa shape index (κ3) is 4.02. The van der Waals surface area contributed by atoms with Crippen LogP contribution in [0, 0.1) is 0 Å². The van der Waals surface area contributed by atoms with Crippen LogP contribution in [-0.4, -0.2) is 39.0 Å². The Kier molecular flexibility index (Phi) is 7.40. The lowest BCUT2D eigenvalue weighted by Crippen LogP contribution is -2.42. The van der Waals surface area contributed by atoms with Crippen molar-refractivity contribution in [2.24, 2.45) is 0 Å². The second-order valence-electron chi connectivity index (χ2n) is 2.44. The summed E-state index contributed by atoms with van der Waals surface area (Å²) in [6.45, 7) is 0. The quantitative estimate of drug-likeness (QED) is 0.370. The highest BCUT2D eigenvalue weighted by molar-refractivity contribution is 6.93. The lowest BCUT2D eigenvalue weighted by molar-refractivity contribution is 0.123. The largest absolute Gasteiger partial charge is 0.500 e. The lowest BCUT2D eigenvalue weighted by atomic mass is 10.6. The molecule has 0 spiro atoms.